The molecule has 25 heavy (non-hydrogen) atoms. The topological polar surface area (TPSA) is 87.4 Å². The molecule has 2 aromatic heterocycles. The molecular weight excluding hydrogens is 336 g/mol. The van der Waals surface area contributed by atoms with Crippen molar-refractivity contribution >= 4 is 23.1 Å². The first-order chi connectivity index (χ1) is 12.2. The lowest BCUT2D eigenvalue weighted by Crippen LogP contribution is -2.45. The maximum Gasteiger partial charge on any atom is 0.271 e. The predicted octanol–water partition coefficient (Wildman–Crippen LogP) is 0.721. The molecule has 0 spiro atoms. The fourth-order valence-electron chi connectivity index (χ4n) is 2.79. The number of carbonyl (C=O) groups is 1. The van der Waals surface area contributed by atoms with E-state index in [1.54, 1.807) is 11.6 Å². The van der Waals surface area contributed by atoms with E-state index in [1.807, 2.05) is 12.1 Å². The van der Waals surface area contributed by atoms with Gasteiger partial charge in [-0.1, -0.05) is 6.07 Å². The van der Waals surface area contributed by atoms with Gasteiger partial charge in [-0.25, -0.2) is 9.97 Å². The molecule has 1 saturated heterocycles. The van der Waals surface area contributed by atoms with Crippen LogP contribution in [0.25, 0.3) is 0 Å². The molecule has 134 valence electrons. The lowest BCUT2D eigenvalue weighted by molar-refractivity contribution is 0.0946. The number of carbonyl (C=O) groups excluding carboxylic acids is 1. The van der Waals surface area contributed by atoms with Gasteiger partial charge in [0.1, 0.15) is 11.5 Å². The van der Waals surface area contributed by atoms with Gasteiger partial charge in [-0.05, 0) is 19.7 Å². The number of nitrogens with zero attached hydrogens (tertiary/aromatic N) is 4. The molecule has 2 aromatic rings. The Bertz CT molecular complexity index is 711. The predicted molar refractivity (Wildman–Crippen MR) is 100.0 cm³/mol. The molecule has 0 aliphatic carbocycles. The van der Waals surface area contributed by atoms with Crippen molar-refractivity contribution in [1.29, 1.82) is 0 Å². The van der Waals surface area contributed by atoms with Crippen LogP contribution in [0.5, 0.6) is 0 Å². The molecule has 0 radical (unpaired) electrons. The van der Waals surface area contributed by atoms with E-state index in [4.69, 9.17) is 5.73 Å². The number of anilines is 1. The van der Waals surface area contributed by atoms with Crippen LogP contribution in [0.2, 0.25) is 0 Å². The lowest BCUT2D eigenvalue weighted by Gasteiger charge is -2.34. The van der Waals surface area contributed by atoms with E-state index >= 15 is 0 Å². The van der Waals surface area contributed by atoms with Gasteiger partial charge < -0.3 is 20.9 Å². The molecule has 1 fully saturated rings. The number of likely N-dealkylation sites (N-methyl/N-ethyl adjacent to an activating group) is 1. The number of piperazine rings is 1. The molecule has 0 saturated carbocycles. The monoisotopic (exact) mass is 360 g/mol. The van der Waals surface area contributed by atoms with Gasteiger partial charge in [0.15, 0.2) is 0 Å². The number of pyridine rings is 1. The molecule has 3 N–H and O–H groups in total. The fraction of sp³-hybridized carbons (Fsp3) is 0.471. The maximum absolute atomic E-state index is 12.3. The summed E-state index contributed by atoms with van der Waals surface area (Å²) >= 11 is 1.47. The zero-order valence-corrected chi connectivity index (χ0v) is 15.3. The van der Waals surface area contributed by atoms with Gasteiger partial charge in [0.2, 0.25) is 0 Å². The highest BCUT2D eigenvalue weighted by Gasteiger charge is 2.18. The Morgan fingerprint density at radius 2 is 2.16 bits per heavy atom. The third-order valence-corrected chi connectivity index (χ3v) is 5.16. The van der Waals surface area contributed by atoms with Crippen molar-refractivity contribution in [3.05, 3.63) is 40.0 Å². The quantitative estimate of drug-likeness (QED) is 0.789. The van der Waals surface area contributed by atoms with Crippen LogP contribution >= 0.6 is 11.3 Å². The average molecular weight is 360 g/mol. The van der Waals surface area contributed by atoms with Gasteiger partial charge in [0.05, 0.1) is 5.01 Å². The number of thiazole rings is 1. The fourth-order valence-corrected chi connectivity index (χ4v) is 3.58. The Hall–Kier alpha value is -2.03. The van der Waals surface area contributed by atoms with E-state index in [1.165, 1.54) is 11.3 Å². The molecule has 3 rings (SSSR count). The Kier molecular flexibility index (Phi) is 5.95. The molecule has 1 amide bonds. The highest BCUT2D eigenvalue weighted by atomic mass is 32.1. The average Bonchev–Trinajstić information content (AvgIpc) is 3.10. The molecular formula is C17H24N6OS. The molecule has 7 nitrogen and oxygen atoms in total. The summed E-state index contributed by atoms with van der Waals surface area (Å²) in [6.45, 7) is 4.92. The molecule has 0 aromatic carbocycles. The Balaban J connectivity index is 1.63. The van der Waals surface area contributed by atoms with Gasteiger partial charge in [-0.3, -0.25) is 4.79 Å². The van der Waals surface area contributed by atoms with Crippen molar-refractivity contribution in [3.8, 4) is 0 Å². The van der Waals surface area contributed by atoms with Gasteiger partial charge in [-0.2, -0.15) is 0 Å². The van der Waals surface area contributed by atoms with Crippen LogP contribution in [0.1, 0.15) is 21.1 Å². The molecule has 8 heteroatoms. The standard InChI is InChI=1S/C17H24N6OS/c1-22-7-9-23(10-8-22)16-13(3-2-6-19-16)11-20-17(24)14-12-25-15(21-14)4-5-18/h2-3,6,12H,4-5,7-11,18H2,1H3,(H,20,24). The van der Waals surface area contributed by atoms with Crippen molar-refractivity contribution < 1.29 is 4.79 Å². The van der Waals surface area contributed by atoms with Gasteiger partial charge in [0, 0.05) is 56.3 Å². The SMILES string of the molecule is CN1CCN(c2ncccc2CNC(=O)c2csc(CCN)n2)CC1. The normalized spacial score (nSPS) is 15.4. The van der Waals surface area contributed by atoms with Gasteiger partial charge >= 0.3 is 0 Å². The van der Waals surface area contributed by atoms with Gasteiger partial charge in [-0.15, -0.1) is 11.3 Å². The van der Waals surface area contributed by atoms with Crippen LogP contribution in [0.15, 0.2) is 23.7 Å². The molecule has 0 bridgehead atoms. The second-order valence-electron chi connectivity index (χ2n) is 6.12. The van der Waals surface area contributed by atoms with E-state index in [9.17, 15) is 4.79 Å². The number of rotatable bonds is 6. The summed E-state index contributed by atoms with van der Waals surface area (Å²) in [5.41, 5.74) is 7.01. The summed E-state index contributed by atoms with van der Waals surface area (Å²) in [6, 6.07) is 3.92. The smallest absolute Gasteiger partial charge is 0.271 e. The first kappa shape index (κ1) is 17.8. The van der Waals surface area contributed by atoms with Crippen molar-refractivity contribution in [2.45, 2.75) is 13.0 Å². The second kappa shape index (κ2) is 8.37. The van der Waals surface area contributed by atoms with E-state index in [-0.39, 0.29) is 5.91 Å². The third kappa shape index (κ3) is 4.53. The highest BCUT2D eigenvalue weighted by molar-refractivity contribution is 7.09. The van der Waals surface area contributed by atoms with Gasteiger partial charge in [0.25, 0.3) is 5.91 Å². The first-order valence-corrected chi connectivity index (χ1v) is 9.35. The Morgan fingerprint density at radius 1 is 1.36 bits per heavy atom. The van der Waals surface area contributed by atoms with E-state index in [2.05, 4.69) is 32.1 Å². The molecule has 1 aliphatic rings. The highest BCUT2D eigenvalue weighted by Crippen LogP contribution is 2.19. The molecule has 0 atom stereocenters. The number of hydrogen-bond donors (Lipinski definition) is 2. The summed E-state index contributed by atoms with van der Waals surface area (Å²) in [5, 5.41) is 5.63. The summed E-state index contributed by atoms with van der Waals surface area (Å²) < 4.78 is 0. The molecule has 1 aliphatic heterocycles. The van der Waals surface area contributed by atoms with Crippen molar-refractivity contribution in [3.63, 3.8) is 0 Å². The number of hydrogen-bond acceptors (Lipinski definition) is 7. The summed E-state index contributed by atoms with van der Waals surface area (Å²) in [5.74, 6) is 0.797. The molecule has 3 heterocycles. The number of nitrogens with two attached hydrogens (primary N) is 1. The van der Waals surface area contributed by atoms with Crippen molar-refractivity contribution in [1.82, 2.24) is 20.2 Å². The first-order valence-electron chi connectivity index (χ1n) is 8.47. The van der Waals surface area contributed by atoms with Crippen LogP contribution in [0.3, 0.4) is 0 Å². The largest absolute Gasteiger partial charge is 0.354 e. The Morgan fingerprint density at radius 3 is 2.92 bits per heavy atom. The van der Waals surface area contributed by atoms with E-state index in [0.29, 0.717) is 25.2 Å². The minimum Gasteiger partial charge on any atom is -0.354 e. The minimum absolute atomic E-state index is 0.160. The summed E-state index contributed by atoms with van der Waals surface area (Å²) in [7, 11) is 2.13. The number of nitrogens with one attached hydrogen (secondary N) is 1. The summed E-state index contributed by atoms with van der Waals surface area (Å²) in [6.07, 6.45) is 2.51. The van der Waals surface area contributed by atoms with Crippen molar-refractivity contribution in [2.75, 3.05) is 44.7 Å². The van der Waals surface area contributed by atoms with Crippen LogP contribution in [0, 0.1) is 0 Å². The minimum atomic E-state index is -0.160. The summed E-state index contributed by atoms with van der Waals surface area (Å²) in [4.78, 5) is 25.8. The zero-order chi connectivity index (χ0) is 17.6. The van der Waals surface area contributed by atoms with Crippen LogP contribution in [-0.4, -0.2) is 60.5 Å². The lowest BCUT2D eigenvalue weighted by atomic mass is 10.2. The zero-order valence-electron chi connectivity index (χ0n) is 14.4. The molecule has 0 unspecified atom stereocenters. The van der Waals surface area contributed by atoms with Crippen LogP contribution in [0.4, 0.5) is 5.82 Å². The van der Waals surface area contributed by atoms with Crippen molar-refractivity contribution in [2.24, 2.45) is 5.73 Å². The van der Waals surface area contributed by atoms with E-state index in [0.717, 1.165) is 42.6 Å². The Labute approximate surface area is 151 Å². The number of amides is 1. The maximum atomic E-state index is 12.3. The van der Waals surface area contributed by atoms with E-state index < -0.39 is 0 Å². The third-order valence-electron chi connectivity index (χ3n) is 4.25. The number of aromatic nitrogens is 2. The van der Waals surface area contributed by atoms with Crippen LogP contribution in [-0.2, 0) is 13.0 Å². The van der Waals surface area contributed by atoms with Crippen LogP contribution < -0.4 is 16.0 Å². The second-order valence-corrected chi connectivity index (χ2v) is 7.07.